The van der Waals surface area contributed by atoms with Crippen LogP contribution in [0.5, 0.6) is 11.5 Å². The lowest BCUT2D eigenvalue weighted by molar-refractivity contribution is -0.124. The second kappa shape index (κ2) is 7.23. The highest BCUT2D eigenvalue weighted by atomic mass is 35.5. The summed E-state index contributed by atoms with van der Waals surface area (Å²) in [6, 6.07) is 11.8. The SMILES string of the molecule is O=C(COC(=O)c1ccc2c(c1)OCO2)NCc1cccc(Cl)c1. The van der Waals surface area contributed by atoms with E-state index in [2.05, 4.69) is 5.32 Å². The third-order valence-corrected chi connectivity index (χ3v) is 3.56. The summed E-state index contributed by atoms with van der Waals surface area (Å²) in [6.45, 7) is 0.0640. The zero-order valence-electron chi connectivity index (χ0n) is 12.6. The van der Waals surface area contributed by atoms with Gasteiger partial charge in [0.25, 0.3) is 5.91 Å². The fourth-order valence-electron chi connectivity index (χ4n) is 2.14. The summed E-state index contributed by atoms with van der Waals surface area (Å²) >= 11 is 5.87. The minimum absolute atomic E-state index is 0.125. The number of carbonyl (C=O) groups excluding carboxylic acids is 2. The number of hydrogen-bond acceptors (Lipinski definition) is 5. The Balaban J connectivity index is 1.48. The lowest BCUT2D eigenvalue weighted by Gasteiger charge is -2.07. The number of esters is 1. The van der Waals surface area contributed by atoms with E-state index in [0.717, 1.165) is 5.56 Å². The van der Waals surface area contributed by atoms with Gasteiger partial charge in [-0.1, -0.05) is 23.7 Å². The van der Waals surface area contributed by atoms with Gasteiger partial charge < -0.3 is 19.5 Å². The minimum Gasteiger partial charge on any atom is -0.454 e. The molecular weight excluding hydrogens is 334 g/mol. The van der Waals surface area contributed by atoms with E-state index in [1.54, 1.807) is 30.3 Å². The maximum absolute atomic E-state index is 12.0. The third-order valence-electron chi connectivity index (χ3n) is 3.32. The van der Waals surface area contributed by atoms with Crippen molar-refractivity contribution in [2.75, 3.05) is 13.4 Å². The molecule has 0 aromatic heterocycles. The molecule has 124 valence electrons. The van der Waals surface area contributed by atoms with Crippen LogP contribution >= 0.6 is 11.6 Å². The van der Waals surface area contributed by atoms with Gasteiger partial charge in [0.15, 0.2) is 18.1 Å². The molecule has 2 aromatic rings. The number of ether oxygens (including phenoxy) is 3. The van der Waals surface area contributed by atoms with Gasteiger partial charge in [0.05, 0.1) is 5.56 Å². The Morgan fingerprint density at radius 1 is 1.12 bits per heavy atom. The summed E-state index contributed by atoms with van der Waals surface area (Å²) in [4.78, 5) is 23.7. The lowest BCUT2D eigenvalue weighted by Crippen LogP contribution is -2.28. The number of hydrogen-bond donors (Lipinski definition) is 1. The fraction of sp³-hybridized carbons (Fsp3) is 0.176. The maximum Gasteiger partial charge on any atom is 0.338 e. The van der Waals surface area contributed by atoms with Gasteiger partial charge in [-0.15, -0.1) is 0 Å². The zero-order valence-corrected chi connectivity index (χ0v) is 13.3. The zero-order chi connectivity index (χ0) is 16.9. The van der Waals surface area contributed by atoms with Gasteiger partial charge in [0, 0.05) is 11.6 Å². The van der Waals surface area contributed by atoms with Gasteiger partial charge in [-0.25, -0.2) is 4.79 Å². The van der Waals surface area contributed by atoms with Crippen molar-refractivity contribution in [3.63, 3.8) is 0 Å². The lowest BCUT2D eigenvalue weighted by atomic mass is 10.2. The predicted octanol–water partition coefficient (Wildman–Crippen LogP) is 2.54. The predicted molar refractivity (Wildman–Crippen MR) is 86.1 cm³/mol. The average Bonchev–Trinajstić information content (AvgIpc) is 3.05. The summed E-state index contributed by atoms with van der Waals surface area (Å²) in [6.07, 6.45) is 0. The summed E-state index contributed by atoms with van der Waals surface area (Å²) in [7, 11) is 0. The molecular formula is C17H14ClNO5. The molecule has 3 rings (SSSR count). The molecule has 1 N–H and O–H groups in total. The third kappa shape index (κ3) is 3.97. The molecule has 7 heteroatoms. The molecule has 0 aliphatic carbocycles. The van der Waals surface area contributed by atoms with E-state index in [1.807, 2.05) is 6.07 Å². The van der Waals surface area contributed by atoms with Crippen molar-refractivity contribution in [1.82, 2.24) is 5.32 Å². The Hall–Kier alpha value is -2.73. The highest BCUT2D eigenvalue weighted by Crippen LogP contribution is 2.32. The maximum atomic E-state index is 12.0. The number of nitrogens with one attached hydrogen (secondary N) is 1. The Kier molecular flexibility index (Phi) is 4.86. The van der Waals surface area contributed by atoms with Crippen LogP contribution < -0.4 is 14.8 Å². The average molecular weight is 348 g/mol. The van der Waals surface area contributed by atoms with Crippen LogP contribution in [0.25, 0.3) is 0 Å². The van der Waals surface area contributed by atoms with Gasteiger partial charge >= 0.3 is 5.97 Å². The molecule has 0 atom stereocenters. The van der Waals surface area contributed by atoms with E-state index in [0.29, 0.717) is 28.6 Å². The molecule has 1 aliphatic rings. The molecule has 1 amide bonds. The first kappa shape index (κ1) is 16.1. The van der Waals surface area contributed by atoms with Crippen LogP contribution in [0.2, 0.25) is 5.02 Å². The molecule has 1 aliphatic heterocycles. The number of fused-ring (bicyclic) bond motifs is 1. The number of carbonyl (C=O) groups is 2. The summed E-state index contributed by atoms with van der Waals surface area (Å²) < 4.78 is 15.3. The number of rotatable bonds is 5. The molecule has 0 fully saturated rings. The summed E-state index contributed by atoms with van der Waals surface area (Å²) in [5.41, 5.74) is 1.15. The largest absolute Gasteiger partial charge is 0.454 e. The first-order valence-electron chi connectivity index (χ1n) is 7.20. The van der Waals surface area contributed by atoms with Crippen LogP contribution in [-0.4, -0.2) is 25.3 Å². The number of halogens is 1. The Morgan fingerprint density at radius 3 is 2.79 bits per heavy atom. The first-order valence-corrected chi connectivity index (χ1v) is 7.57. The van der Waals surface area contributed by atoms with Crippen molar-refractivity contribution < 1.29 is 23.8 Å². The molecule has 0 radical (unpaired) electrons. The first-order chi connectivity index (χ1) is 11.6. The highest BCUT2D eigenvalue weighted by molar-refractivity contribution is 6.30. The van der Waals surface area contributed by atoms with Crippen LogP contribution in [0.15, 0.2) is 42.5 Å². The molecule has 0 saturated heterocycles. The fourth-order valence-corrected chi connectivity index (χ4v) is 2.35. The van der Waals surface area contributed by atoms with Gasteiger partial charge in [0.2, 0.25) is 6.79 Å². The monoisotopic (exact) mass is 347 g/mol. The molecule has 0 spiro atoms. The van der Waals surface area contributed by atoms with Gasteiger partial charge in [-0.05, 0) is 35.9 Å². The van der Waals surface area contributed by atoms with Crippen molar-refractivity contribution >= 4 is 23.5 Å². The second-order valence-electron chi connectivity index (χ2n) is 5.05. The van der Waals surface area contributed by atoms with E-state index in [1.165, 1.54) is 6.07 Å². The molecule has 0 saturated carbocycles. The Labute approximate surface area is 143 Å². The van der Waals surface area contributed by atoms with Crippen molar-refractivity contribution in [2.24, 2.45) is 0 Å². The van der Waals surface area contributed by atoms with Gasteiger partial charge in [0.1, 0.15) is 0 Å². The van der Waals surface area contributed by atoms with Crippen molar-refractivity contribution in [1.29, 1.82) is 0 Å². The minimum atomic E-state index is -0.605. The molecule has 24 heavy (non-hydrogen) atoms. The Morgan fingerprint density at radius 2 is 1.96 bits per heavy atom. The molecule has 2 aromatic carbocycles. The van der Waals surface area contributed by atoms with Crippen LogP contribution in [0, 0.1) is 0 Å². The normalized spacial score (nSPS) is 11.9. The molecule has 1 heterocycles. The molecule has 0 bridgehead atoms. The van der Waals surface area contributed by atoms with Crippen molar-refractivity contribution in [3.8, 4) is 11.5 Å². The topological polar surface area (TPSA) is 73.9 Å². The number of benzene rings is 2. The van der Waals surface area contributed by atoms with E-state index in [-0.39, 0.29) is 13.4 Å². The van der Waals surface area contributed by atoms with Crippen LogP contribution in [0.4, 0.5) is 0 Å². The molecule has 0 unspecified atom stereocenters. The quantitative estimate of drug-likeness (QED) is 0.841. The standard InChI is InChI=1S/C17H14ClNO5/c18-13-3-1-2-11(6-13)8-19-16(20)9-22-17(21)12-4-5-14-15(7-12)24-10-23-14/h1-7H,8-10H2,(H,19,20). The number of amides is 1. The van der Waals surface area contributed by atoms with Crippen molar-refractivity contribution in [3.05, 3.63) is 58.6 Å². The molecule has 6 nitrogen and oxygen atoms in total. The van der Waals surface area contributed by atoms with Crippen LogP contribution in [-0.2, 0) is 16.1 Å². The summed E-state index contributed by atoms with van der Waals surface area (Å²) in [5, 5.41) is 3.25. The van der Waals surface area contributed by atoms with Crippen LogP contribution in [0.1, 0.15) is 15.9 Å². The van der Waals surface area contributed by atoms with E-state index in [9.17, 15) is 9.59 Å². The smallest absolute Gasteiger partial charge is 0.338 e. The highest BCUT2D eigenvalue weighted by Gasteiger charge is 2.17. The van der Waals surface area contributed by atoms with Gasteiger partial charge in [-0.3, -0.25) is 4.79 Å². The van der Waals surface area contributed by atoms with E-state index in [4.69, 9.17) is 25.8 Å². The van der Waals surface area contributed by atoms with Gasteiger partial charge in [-0.2, -0.15) is 0 Å². The Bertz CT molecular complexity index is 777. The van der Waals surface area contributed by atoms with E-state index >= 15 is 0 Å². The van der Waals surface area contributed by atoms with E-state index < -0.39 is 11.9 Å². The van der Waals surface area contributed by atoms with Crippen molar-refractivity contribution in [2.45, 2.75) is 6.54 Å². The summed E-state index contributed by atoms with van der Waals surface area (Å²) in [5.74, 6) is 0.0518. The van der Waals surface area contributed by atoms with Crippen LogP contribution in [0.3, 0.4) is 0 Å². The second-order valence-corrected chi connectivity index (χ2v) is 5.49.